The molecule has 22 heavy (non-hydrogen) atoms. The zero-order valence-electron chi connectivity index (χ0n) is 13.7. The first-order valence-electron chi connectivity index (χ1n) is 8.05. The zero-order valence-corrected chi connectivity index (χ0v) is 13.7. The molecule has 1 atom stereocenters. The quantitative estimate of drug-likeness (QED) is 0.760. The van der Waals surface area contributed by atoms with Crippen LogP contribution in [-0.4, -0.2) is 6.54 Å². The molecule has 124 valence electrons. The van der Waals surface area contributed by atoms with E-state index in [2.05, 4.69) is 26.1 Å². The topological polar surface area (TPSA) is 12.0 Å². The third-order valence-corrected chi connectivity index (χ3v) is 4.32. The first-order valence-corrected chi connectivity index (χ1v) is 8.05. The molecular formula is C18H26F3N. The molecule has 0 spiro atoms. The van der Waals surface area contributed by atoms with E-state index in [0.717, 1.165) is 50.3 Å². The van der Waals surface area contributed by atoms with Gasteiger partial charge in [-0.1, -0.05) is 45.7 Å². The van der Waals surface area contributed by atoms with Crippen LogP contribution in [0.3, 0.4) is 0 Å². The van der Waals surface area contributed by atoms with Crippen LogP contribution >= 0.6 is 0 Å². The maximum absolute atomic E-state index is 13.1. The number of benzene rings is 1. The molecule has 2 rings (SSSR count). The Morgan fingerprint density at radius 1 is 1.09 bits per heavy atom. The predicted octanol–water partition coefficient (Wildman–Crippen LogP) is 5.50. The van der Waals surface area contributed by atoms with Crippen molar-refractivity contribution in [2.75, 3.05) is 6.54 Å². The van der Waals surface area contributed by atoms with Gasteiger partial charge in [0.05, 0.1) is 5.56 Å². The minimum atomic E-state index is -4.29. The summed E-state index contributed by atoms with van der Waals surface area (Å²) in [6.07, 6.45) is 0.721. The summed E-state index contributed by atoms with van der Waals surface area (Å²) >= 11 is 0. The third kappa shape index (κ3) is 4.25. The monoisotopic (exact) mass is 313 g/mol. The Bertz CT molecular complexity index is 492. The molecule has 1 aromatic carbocycles. The van der Waals surface area contributed by atoms with E-state index >= 15 is 0 Å². The van der Waals surface area contributed by atoms with Crippen molar-refractivity contribution in [1.29, 1.82) is 0 Å². The van der Waals surface area contributed by atoms with E-state index in [1.54, 1.807) is 0 Å². The minimum Gasteiger partial charge on any atom is -0.307 e. The summed E-state index contributed by atoms with van der Waals surface area (Å²) in [4.78, 5) is 0. The smallest absolute Gasteiger partial charge is 0.307 e. The Balaban J connectivity index is 2.44. The van der Waals surface area contributed by atoms with Crippen molar-refractivity contribution < 1.29 is 13.2 Å². The lowest BCUT2D eigenvalue weighted by Crippen LogP contribution is -2.44. The maximum Gasteiger partial charge on any atom is 0.416 e. The number of hydrogen-bond acceptors (Lipinski definition) is 1. The van der Waals surface area contributed by atoms with Crippen LogP contribution < -0.4 is 5.32 Å². The highest BCUT2D eigenvalue weighted by Gasteiger charge is 2.38. The van der Waals surface area contributed by atoms with Gasteiger partial charge in [-0.15, -0.1) is 0 Å². The Labute approximate surface area is 131 Å². The molecular weight excluding hydrogens is 287 g/mol. The summed E-state index contributed by atoms with van der Waals surface area (Å²) in [6, 6.07) is 5.88. The molecule has 0 aliphatic carbocycles. The van der Waals surface area contributed by atoms with Crippen LogP contribution in [0.1, 0.15) is 64.0 Å². The normalized spacial score (nSPS) is 24.1. The Hall–Kier alpha value is -1.03. The van der Waals surface area contributed by atoms with Crippen LogP contribution in [0.4, 0.5) is 13.2 Å². The first kappa shape index (κ1) is 17.3. The lowest BCUT2D eigenvalue weighted by atomic mass is 9.73. The summed E-state index contributed by atoms with van der Waals surface area (Å²) in [7, 11) is 0. The van der Waals surface area contributed by atoms with Gasteiger partial charge in [0.2, 0.25) is 0 Å². The van der Waals surface area contributed by atoms with Crippen molar-refractivity contribution in [1.82, 2.24) is 5.32 Å². The molecule has 1 aromatic rings. The highest BCUT2D eigenvalue weighted by molar-refractivity contribution is 5.32. The minimum absolute atomic E-state index is 0.0472. The van der Waals surface area contributed by atoms with Gasteiger partial charge in [0.15, 0.2) is 0 Å². The summed E-state index contributed by atoms with van der Waals surface area (Å²) in [5.41, 5.74) is -0.0785. The van der Waals surface area contributed by atoms with Crippen LogP contribution in [-0.2, 0) is 11.7 Å². The van der Waals surface area contributed by atoms with Gasteiger partial charge in [0, 0.05) is 5.54 Å². The van der Waals surface area contributed by atoms with Crippen molar-refractivity contribution in [2.45, 2.75) is 64.6 Å². The molecule has 1 N–H and O–H groups in total. The van der Waals surface area contributed by atoms with Gasteiger partial charge in [-0.2, -0.15) is 13.2 Å². The molecule has 1 aliphatic heterocycles. The molecule has 0 bridgehead atoms. The van der Waals surface area contributed by atoms with Gasteiger partial charge < -0.3 is 5.32 Å². The van der Waals surface area contributed by atoms with E-state index in [4.69, 9.17) is 0 Å². The van der Waals surface area contributed by atoms with Crippen molar-refractivity contribution in [3.05, 3.63) is 35.4 Å². The van der Waals surface area contributed by atoms with Crippen molar-refractivity contribution >= 4 is 0 Å². The second-order valence-corrected chi connectivity index (χ2v) is 7.64. The maximum atomic E-state index is 13.1. The number of rotatable bonds is 2. The van der Waals surface area contributed by atoms with Gasteiger partial charge >= 0.3 is 6.18 Å². The fourth-order valence-electron chi connectivity index (χ4n) is 3.54. The van der Waals surface area contributed by atoms with Gasteiger partial charge in [0.1, 0.15) is 0 Å². The third-order valence-electron chi connectivity index (χ3n) is 4.32. The van der Waals surface area contributed by atoms with Crippen LogP contribution in [0.2, 0.25) is 0 Å². The van der Waals surface area contributed by atoms with Crippen molar-refractivity contribution in [3.8, 4) is 0 Å². The molecule has 1 fully saturated rings. The number of halogens is 3. The molecule has 1 saturated heterocycles. The fraction of sp³-hybridized carbons (Fsp3) is 0.667. The van der Waals surface area contributed by atoms with E-state index in [-0.39, 0.29) is 11.0 Å². The molecule has 1 aliphatic rings. The lowest BCUT2D eigenvalue weighted by molar-refractivity contribution is -0.137. The Morgan fingerprint density at radius 3 is 2.45 bits per heavy atom. The SMILES string of the molecule is CC(C)(C)CC1(c2cccc(C(F)(F)F)c2)CCCCCN1. The van der Waals surface area contributed by atoms with E-state index in [0.29, 0.717) is 0 Å². The van der Waals surface area contributed by atoms with E-state index < -0.39 is 11.7 Å². The van der Waals surface area contributed by atoms with E-state index in [1.165, 1.54) is 12.1 Å². The number of hydrogen-bond donors (Lipinski definition) is 1. The average Bonchev–Trinajstić information content (AvgIpc) is 2.62. The van der Waals surface area contributed by atoms with Crippen LogP contribution in [0.5, 0.6) is 0 Å². The van der Waals surface area contributed by atoms with Gasteiger partial charge in [-0.25, -0.2) is 0 Å². The Morgan fingerprint density at radius 2 is 1.82 bits per heavy atom. The lowest BCUT2D eigenvalue weighted by Gasteiger charge is -2.40. The summed E-state index contributed by atoms with van der Waals surface area (Å²) < 4.78 is 39.2. The zero-order chi connectivity index (χ0) is 16.4. The molecule has 1 unspecified atom stereocenters. The summed E-state index contributed by atoms with van der Waals surface area (Å²) in [5.74, 6) is 0. The van der Waals surface area contributed by atoms with Crippen molar-refractivity contribution in [3.63, 3.8) is 0 Å². The van der Waals surface area contributed by atoms with Gasteiger partial charge in [-0.05, 0) is 48.9 Å². The van der Waals surface area contributed by atoms with E-state index in [1.807, 2.05) is 6.07 Å². The summed E-state index contributed by atoms with van der Waals surface area (Å²) in [6.45, 7) is 7.31. The molecule has 4 heteroatoms. The van der Waals surface area contributed by atoms with Crippen LogP contribution in [0.25, 0.3) is 0 Å². The molecule has 0 saturated carbocycles. The fourth-order valence-corrected chi connectivity index (χ4v) is 3.54. The largest absolute Gasteiger partial charge is 0.416 e. The van der Waals surface area contributed by atoms with Gasteiger partial charge in [-0.3, -0.25) is 0 Å². The standard InChI is InChI=1S/C18H26F3N/c1-16(2,3)13-17(10-5-4-6-11-22-17)14-8-7-9-15(12-14)18(19,20)21/h7-9,12,22H,4-6,10-11,13H2,1-3H3. The second kappa shape index (κ2) is 6.23. The first-order chi connectivity index (χ1) is 10.1. The second-order valence-electron chi connectivity index (χ2n) is 7.64. The van der Waals surface area contributed by atoms with Crippen molar-refractivity contribution in [2.24, 2.45) is 5.41 Å². The molecule has 0 aromatic heterocycles. The van der Waals surface area contributed by atoms with Crippen LogP contribution in [0.15, 0.2) is 24.3 Å². The van der Waals surface area contributed by atoms with Crippen LogP contribution in [0, 0.1) is 5.41 Å². The molecule has 1 heterocycles. The van der Waals surface area contributed by atoms with Gasteiger partial charge in [0.25, 0.3) is 0 Å². The summed E-state index contributed by atoms with van der Waals surface area (Å²) in [5, 5.41) is 3.58. The molecule has 0 amide bonds. The average molecular weight is 313 g/mol. The highest BCUT2D eigenvalue weighted by atomic mass is 19.4. The number of alkyl halides is 3. The predicted molar refractivity (Wildman–Crippen MR) is 83.7 cm³/mol. The van der Waals surface area contributed by atoms with E-state index in [9.17, 15) is 13.2 Å². The molecule has 0 radical (unpaired) electrons. The highest BCUT2D eigenvalue weighted by Crippen LogP contribution is 2.41. The Kier molecular flexibility index (Phi) is 4.90. The molecule has 1 nitrogen and oxygen atoms in total. The number of nitrogens with one attached hydrogen (secondary N) is 1.